The average molecular weight is 266 g/mol. The van der Waals surface area contributed by atoms with Gasteiger partial charge in [0, 0.05) is 19.1 Å². The first-order valence-corrected chi connectivity index (χ1v) is 7.56. The number of aliphatic hydroxyl groups is 1. The van der Waals surface area contributed by atoms with Crippen molar-refractivity contribution in [2.75, 3.05) is 13.2 Å². The molecule has 5 nitrogen and oxygen atoms in total. The molecule has 0 spiro atoms. The maximum Gasteiger partial charge on any atom is 0.141 e. The van der Waals surface area contributed by atoms with Crippen molar-refractivity contribution in [3.63, 3.8) is 0 Å². The Hall–Kier alpha value is -0.940. The maximum absolute atomic E-state index is 9.28. The van der Waals surface area contributed by atoms with Gasteiger partial charge in [-0.25, -0.2) is 9.67 Å². The van der Waals surface area contributed by atoms with E-state index in [1.54, 1.807) is 6.33 Å². The highest BCUT2D eigenvalue weighted by Crippen LogP contribution is 2.23. The molecule has 0 bridgehead atoms. The molecule has 1 aromatic heterocycles. The first-order valence-electron chi connectivity index (χ1n) is 7.56. The van der Waals surface area contributed by atoms with E-state index in [1.165, 1.54) is 32.1 Å². The van der Waals surface area contributed by atoms with E-state index in [2.05, 4.69) is 21.9 Å². The van der Waals surface area contributed by atoms with Crippen LogP contribution in [-0.2, 0) is 13.1 Å². The minimum atomic E-state index is 0.221. The smallest absolute Gasteiger partial charge is 0.141 e. The largest absolute Gasteiger partial charge is 0.395 e. The summed E-state index contributed by atoms with van der Waals surface area (Å²) in [6.45, 7) is 4.85. The van der Waals surface area contributed by atoms with Crippen LogP contribution in [0.25, 0.3) is 0 Å². The number of aliphatic hydroxyl groups excluding tert-OH is 1. The first-order chi connectivity index (χ1) is 9.35. The lowest BCUT2D eigenvalue weighted by Crippen LogP contribution is -2.39. The Morgan fingerprint density at radius 2 is 2.16 bits per heavy atom. The summed E-state index contributed by atoms with van der Waals surface area (Å²) in [6, 6.07) is 0.604. The fourth-order valence-corrected chi connectivity index (χ4v) is 2.96. The van der Waals surface area contributed by atoms with Gasteiger partial charge in [0.25, 0.3) is 0 Å². The minimum Gasteiger partial charge on any atom is -0.395 e. The molecule has 1 N–H and O–H groups in total. The van der Waals surface area contributed by atoms with Crippen molar-refractivity contribution in [1.29, 1.82) is 0 Å². The molecular formula is C14H26N4O. The van der Waals surface area contributed by atoms with Crippen LogP contribution in [0.15, 0.2) is 6.33 Å². The van der Waals surface area contributed by atoms with E-state index in [0.29, 0.717) is 6.04 Å². The van der Waals surface area contributed by atoms with Gasteiger partial charge in [-0.1, -0.05) is 26.2 Å². The van der Waals surface area contributed by atoms with Crippen molar-refractivity contribution in [3.8, 4) is 0 Å². The predicted molar refractivity (Wildman–Crippen MR) is 74.7 cm³/mol. The normalized spacial score (nSPS) is 17.2. The number of nitrogens with zero attached hydrogens (tertiary/aromatic N) is 4. The molecule has 0 unspecified atom stereocenters. The van der Waals surface area contributed by atoms with E-state index in [4.69, 9.17) is 0 Å². The lowest BCUT2D eigenvalue weighted by atomic mass is 9.94. The molecule has 1 saturated carbocycles. The van der Waals surface area contributed by atoms with Gasteiger partial charge in [-0.3, -0.25) is 4.90 Å². The molecule has 1 fully saturated rings. The van der Waals surface area contributed by atoms with Crippen LogP contribution in [0.1, 0.15) is 51.3 Å². The van der Waals surface area contributed by atoms with Gasteiger partial charge in [0.1, 0.15) is 12.2 Å². The van der Waals surface area contributed by atoms with Crippen molar-refractivity contribution < 1.29 is 5.11 Å². The van der Waals surface area contributed by atoms with E-state index in [0.717, 1.165) is 31.9 Å². The van der Waals surface area contributed by atoms with Crippen molar-refractivity contribution in [3.05, 3.63) is 12.2 Å². The number of hydrogen-bond donors (Lipinski definition) is 1. The van der Waals surface area contributed by atoms with Gasteiger partial charge in [-0.15, -0.1) is 0 Å². The molecule has 0 atom stereocenters. The minimum absolute atomic E-state index is 0.221. The number of rotatable bonds is 7. The average Bonchev–Trinajstić information content (AvgIpc) is 2.87. The van der Waals surface area contributed by atoms with E-state index in [9.17, 15) is 5.11 Å². The molecule has 0 saturated heterocycles. The second kappa shape index (κ2) is 7.60. The predicted octanol–water partition coefficient (Wildman–Crippen LogP) is 1.82. The molecule has 0 amide bonds. The highest BCUT2D eigenvalue weighted by molar-refractivity contribution is 4.87. The maximum atomic E-state index is 9.28. The Morgan fingerprint density at radius 3 is 2.84 bits per heavy atom. The monoisotopic (exact) mass is 266 g/mol. The Kier molecular flexibility index (Phi) is 5.79. The lowest BCUT2D eigenvalue weighted by Gasteiger charge is -2.33. The van der Waals surface area contributed by atoms with Crippen LogP contribution in [0.3, 0.4) is 0 Å². The summed E-state index contributed by atoms with van der Waals surface area (Å²) in [4.78, 5) is 6.76. The molecule has 0 aliphatic heterocycles. The third-order valence-electron chi connectivity index (χ3n) is 3.95. The Morgan fingerprint density at radius 1 is 1.37 bits per heavy atom. The molecule has 1 aliphatic carbocycles. The highest BCUT2D eigenvalue weighted by Gasteiger charge is 2.22. The fraction of sp³-hybridized carbons (Fsp3) is 0.857. The second-order valence-electron chi connectivity index (χ2n) is 5.39. The topological polar surface area (TPSA) is 54.2 Å². The fourth-order valence-electron chi connectivity index (χ4n) is 2.96. The van der Waals surface area contributed by atoms with Crippen LogP contribution in [-0.4, -0.2) is 44.0 Å². The molecular weight excluding hydrogens is 240 g/mol. The van der Waals surface area contributed by atoms with Crippen molar-refractivity contribution in [1.82, 2.24) is 19.7 Å². The lowest BCUT2D eigenvalue weighted by molar-refractivity contribution is 0.113. The summed E-state index contributed by atoms with van der Waals surface area (Å²) >= 11 is 0. The van der Waals surface area contributed by atoms with Crippen LogP contribution in [0.4, 0.5) is 0 Å². The zero-order valence-electron chi connectivity index (χ0n) is 12.0. The second-order valence-corrected chi connectivity index (χ2v) is 5.39. The van der Waals surface area contributed by atoms with Crippen molar-refractivity contribution in [2.45, 2.75) is 64.6 Å². The number of hydrogen-bond acceptors (Lipinski definition) is 4. The molecule has 108 valence electrons. The third-order valence-corrected chi connectivity index (χ3v) is 3.95. The Bertz CT molecular complexity index is 360. The van der Waals surface area contributed by atoms with Crippen molar-refractivity contribution in [2.24, 2.45) is 0 Å². The van der Waals surface area contributed by atoms with Gasteiger partial charge in [0.05, 0.1) is 13.2 Å². The Balaban J connectivity index is 2.00. The van der Waals surface area contributed by atoms with Crippen molar-refractivity contribution >= 4 is 0 Å². The van der Waals surface area contributed by atoms with Crippen LogP contribution in [0.5, 0.6) is 0 Å². The zero-order chi connectivity index (χ0) is 13.5. The summed E-state index contributed by atoms with van der Waals surface area (Å²) in [5.41, 5.74) is 0. The van der Waals surface area contributed by atoms with Crippen LogP contribution < -0.4 is 0 Å². The Labute approximate surface area is 115 Å². The first kappa shape index (κ1) is 14.5. The van der Waals surface area contributed by atoms with Crippen LogP contribution >= 0.6 is 0 Å². The van der Waals surface area contributed by atoms with Gasteiger partial charge in [0.15, 0.2) is 0 Å². The number of aromatic nitrogens is 3. The van der Waals surface area contributed by atoms with Crippen LogP contribution in [0, 0.1) is 0 Å². The molecule has 0 radical (unpaired) electrons. The molecule has 0 aromatic carbocycles. The number of aryl methyl sites for hydroxylation is 1. The van der Waals surface area contributed by atoms with Gasteiger partial charge in [-0.05, 0) is 19.3 Å². The summed E-state index contributed by atoms with van der Waals surface area (Å²) in [7, 11) is 0. The van der Waals surface area contributed by atoms with Gasteiger partial charge < -0.3 is 5.11 Å². The summed E-state index contributed by atoms with van der Waals surface area (Å²) in [5.74, 6) is 1.03. The molecule has 1 aliphatic rings. The summed E-state index contributed by atoms with van der Waals surface area (Å²) < 4.78 is 1.99. The van der Waals surface area contributed by atoms with Gasteiger partial charge in [-0.2, -0.15) is 5.10 Å². The molecule has 19 heavy (non-hydrogen) atoms. The molecule has 5 heteroatoms. The molecule has 1 aromatic rings. The van der Waals surface area contributed by atoms with E-state index in [-0.39, 0.29) is 6.61 Å². The summed E-state index contributed by atoms with van der Waals surface area (Å²) in [6.07, 6.45) is 9.20. The van der Waals surface area contributed by atoms with Gasteiger partial charge >= 0.3 is 0 Å². The van der Waals surface area contributed by atoms with E-state index >= 15 is 0 Å². The molecule has 1 heterocycles. The van der Waals surface area contributed by atoms with Crippen LogP contribution in [0.2, 0.25) is 0 Å². The standard InChI is InChI=1S/C14H26N4O/c1-2-8-18-14(15-12-16-18)11-17(9-10-19)13-6-4-3-5-7-13/h12-13,19H,2-11H2,1H3. The quantitative estimate of drug-likeness (QED) is 0.818. The van der Waals surface area contributed by atoms with E-state index in [1.807, 2.05) is 4.68 Å². The third kappa shape index (κ3) is 4.01. The SMILES string of the molecule is CCCn1ncnc1CN(CCO)C1CCCCC1. The van der Waals surface area contributed by atoms with Gasteiger partial charge in [0.2, 0.25) is 0 Å². The van der Waals surface area contributed by atoms with E-state index < -0.39 is 0 Å². The highest BCUT2D eigenvalue weighted by atomic mass is 16.3. The summed E-state index contributed by atoms with van der Waals surface area (Å²) in [5, 5.41) is 13.6. The zero-order valence-corrected chi connectivity index (χ0v) is 12.0. The molecule has 2 rings (SSSR count).